The van der Waals surface area contributed by atoms with Gasteiger partial charge in [-0.05, 0) is 44.6 Å². The number of hydrogen-bond acceptors (Lipinski definition) is 4. The molecule has 1 aromatic rings. The number of halogens is 4. The molecular formula is C18H23ClF3N3O2. The minimum absolute atomic E-state index is 0.0162. The Kier molecular flexibility index (Phi) is 6.15. The van der Waals surface area contributed by atoms with E-state index in [9.17, 15) is 23.1 Å². The molecule has 1 saturated heterocycles. The van der Waals surface area contributed by atoms with E-state index < -0.39 is 11.7 Å². The number of alkyl halides is 3. The van der Waals surface area contributed by atoms with Gasteiger partial charge in [-0.1, -0.05) is 11.6 Å². The van der Waals surface area contributed by atoms with Crippen molar-refractivity contribution in [1.29, 1.82) is 0 Å². The molecule has 0 atom stereocenters. The molecule has 27 heavy (non-hydrogen) atoms. The van der Waals surface area contributed by atoms with Crippen LogP contribution in [0, 0.1) is 5.92 Å². The maximum atomic E-state index is 12.7. The summed E-state index contributed by atoms with van der Waals surface area (Å²) in [5, 5.41) is 12.6. The second-order valence-corrected chi connectivity index (χ2v) is 7.71. The maximum Gasteiger partial charge on any atom is 0.417 e. The van der Waals surface area contributed by atoms with Crippen LogP contribution in [0.15, 0.2) is 12.3 Å². The van der Waals surface area contributed by atoms with Crippen molar-refractivity contribution in [2.45, 2.75) is 56.8 Å². The molecular weight excluding hydrogens is 383 g/mol. The Morgan fingerprint density at radius 2 is 1.81 bits per heavy atom. The molecule has 1 amide bonds. The lowest BCUT2D eigenvalue weighted by molar-refractivity contribution is -0.137. The van der Waals surface area contributed by atoms with Gasteiger partial charge in [-0.15, -0.1) is 0 Å². The number of aliphatic hydroxyl groups is 1. The zero-order chi connectivity index (χ0) is 19.6. The summed E-state index contributed by atoms with van der Waals surface area (Å²) in [5.74, 6) is 0.216. The first kappa shape index (κ1) is 20.2. The minimum atomic E-state index is -4.48. The van der Waals surface area contributed by atoms with Gasteiger partial charge in [-0.25, -0.2) is 4.98 Å². The second-order valence-electron chi connectivity index (χ2n) is 7.30. The Balaban J connectivity index is 1.53. The molecule has 2 N–H and O–H groups in total. The number of hydrogen-bond donors (Lipinski definition) is 2. The number of carbonyl (C=O) groups is 1. The molecule has 1 aliphatic carbocycles. The molecule has 2 fully saturated rings. The second kappa shape index (κ2) is 8.22. The van der Waals surface area contributed by atoms with Crippen LogP contribution in [0.1, 0.15) is 44.1 Å². The first-order valence-corrected chi connectivity index (χ1v) is 9.58. The molecule has 1 aromatic heterocycles. The summed E-state index contributed by atoms with van der Waals surface area (Å²) in [6, 6.07) is 1.00. The third-order valence-corrected chi connectivity index (χ3v) is 5.64. The number of pyridine rings is 1. The number of carbonyl (C=O) groups excluding carboxylic acids is 1. The maximum absolute atomic E-state index is 12.7. The van der Waals surface area contributed by atoms with E-state index in [1.165, 1.54) is 0 Å². The summed E-state index contributed by atoms with van der Waals surface area (Å²) in [6.07, 6.45) is 0.242. The van der Waals surface area contributed by atoms with Crippen molar-refractivity contribution >= 4 is 23.3 Å². The van der Waals surface area contributed by atoms with E-state index in [0.717, 1.165) is 25.1 Å². The Morgan fingerprint density at radius 1 is 1.19 bits per heavy atom. The molecule has 0 bridgehead atoms. The highest BCUT2D eigenvalue weighted by atomic mass is 35.5. The molecule has 0 radical (unpaired) electrons. The molecule has 150 valence electrons. The number of aliphatic hydroxyl groups excluding tert-OH is 1. The van der Waals surface area contributed by atoms with Crippen LogP contribution in [-0.4, -0.2) is 41.2 Å². The van der Waals surface area contributed by atoms with Gasteiger partial charge in [0, 0.05) is 31.2 Å². The lowest BCUT2D eigenvalue weighted by Crippen LogP contribution is -2.45. The summed E-state index contributed by atoms with van der Waals surface area (Å²) < 4.78 is 38.2. The van der Waals surface area contributed by atoms with Gasteiger partial charge in [0.2, 0.25) is 5.91 Å². The highest BCUT2D eigenvalue weighted by Gasteiger charge is 2.33. The molecule has 5 nitrogen and oxygen atoms in total. The summed E-state index contributed by atoms with van der Waals surface area (Å²) in [7, 11) is 0. The Hall–Kier alpha value is -1.54. The van der Waals surface area contributed by atoms with Crippen LogP contribution in [0.2, 0.25) is 5.02 Å². The van der Waals surface area contributed by atoms with Crippen LogP contribution in [0.5, 0.6) is 0 Å². The third-order valence-electron chi connectivity index (χ3n) is 5.36. The van der Waals surface area contributed by atoms with Crippen molar-refractivity contribution in [2.75, 3.05) is 18.0 Å². The minimum Gasteiger partial charge on any atom is -0.393 e. The van der Waals surface area contributed by atoms with E-state index in [2.05, 4.69) is 10.3 Å². The lowest BCUT2D eigenvalue weighted by Gasteiger charge is -2.34. The number of nitrogens with zero attached hydrogens (tertiary/aromatic N) is 2. The highest BCUT2D eigenvalue weighted by Crippen LogP contribution is 2.34. The van der Waals surface area contributed by atoms with Gasteiger partial charge in [0.05, 0.1) is 16.7 Å². The van der Waals surface area contributed by atoms with E-state index in [0.29, 0.717) is 44.6 Å². The number of amides is 1. The van der Waals surface area contributed by atoms with Crippen LogP contribution in [0.3, 0.4) is 0 Å². The average Bonchev–Trinajstić information content (AvgIpc) is 2.63. The van der Waals surface area contributed by atoms with Gasteiger partial charge in [0.15, 0.2) is 0 Å². The van der Waals surface area contributed by atoms with Gasteiger partial charge >= 0.3 is 6.18 Å². The Labute approximate surface area is 160 Å². The zero-order valence-electron chi connectivity index (χ0n) is 14.8. The standard InChI is InChI=1S/C18H23ClF3N3O2/c19-15-9-12(18(20,21)22)10-23-16(15)25-7-5-11(6-8-25)17(27)24-13-1-3-14(26)4-2-13/h9-11,13-14,26H,1-8H2,(H,24,27). The molecule has 9 heteroatoms. The van der Waals surface area contributed by atoms with Crippen molar-refractivity contribution in [3.63, 3.8) is 0 Å². The van der Waals surface area contributed by atoms with E-state index in [1.54, 1.807) is 0 Å². The number of nitrogens with one attached hydrogen (secondary N) is 1. The van der Waals surface area contributed by atoms with E-state index in [4.69, 9.17) is 11.6 Å². The van der Waals surface area contributed by atoms with Crippen molar-refractivity contribution in [3.8, 4) is 0 Å². The summed E-state index contributed by atoms with van der Waals surface area (Å²) >= 11 is 6.00. The molecule has 3 rings (SSSR count). The first-order chi connectivity index (χ1) is 12.7. The molecule has 1 aliphatic heterocycles. The molecule has 2 heterocycles. The topological polar surface area (TPSA) is 65.5 Å². The molecule has 0 aromatic carbocycles. The fraction of sp³-hybridized carbons (Fsp3) is 0.667. The molecule has 0 unspecified atom stereocenters. The van der Waals surface area contributed by atoms with Gasteiger partial charge in [0.25, 0.3) is 0 Å². The number of anilines is 1. The van der Waals surface area contributed by atoms with Crippen molar-refractivity contribution in [2.24, 2.45) is 5.92 Å². The van der Waals surface area contributed by atoms with Gasteiger partial charge in [0.1, 0.15) is 5.82 Å². The van der Waals surface area contributed by atoms with E-state index >= 15 is 0 Å². The quantitative estimate of drug-likeness (QED) is 0.809. The monoisotopic (exact) mass is 405 g/mol. The first-order valence-electron chi connectivity index (χ1n) is 9.20. The van der Waals surface area contributed by atoms with Gasteiger partial charge in [-0.2, -0.15) is 13.2 Å². The SMILES string of the molecule is O=C(NC1CCC(O)CC1)C1CCN(c2ncc(C(F)(F)F)cc2Cl)CC1. The third kappa shape index (κ3) is 5.04. The number of rotatable bonds is 3. The van der Waals surface area contributed by atoms with Crippen molar-refractivity contribution in [3.05, 3.63) is 22.8 Å². The Morgan fingerprint density at radius 3 is 2.37 bits per heavy atom. The van der Waals surface area contributed by atoms with E-state index in [1.807, 2.05) is 4.90 Å². The van der Waals surface area contributed by atoms with Crippen molar-refractivity contribution in [1.82, 2.24) is 10.3 Å². The summed E-state index contributed by atoms with van der Waals surface area (Å²) in [5.41, 5.74) is -0.872. The predicted molar refractivity (Wildman–Crippen MR) is 95.6 cm³/mol. The number of aromatic nitrogens is 1. The molecule has 2 aliphatic rings. The van der Waals surface area contributed by atoms with Crippen molar-refractivity contribution < 1.29 is 23.1 Å². The molecule has 0 spiro atoms. The van der Waals surface area contributed by atoms with Crippen LogP contribution in [0.25, 0.3) is 0 Å². The lowest BCUT2D eigenvalue weighted by atomic mass is 9.91. The van der Waals surface area contributed by atoms with Gasteiger partial charge < -0.3 is 15.3 Å². The smallest absolute Gasteiger partial charge is 0.393 e. The zero-order valence-corrected chi connectivity index (χ0v) is 15.6. The van der Waals surface area contributed by atoms with Crippen LogP contribution in [0.4, 0.5) is 19.0 Å². The van der Waals surface area contributed by atoms with Crippen LogP contribution in [-0.2, 0) is 11.0 Å². The fourth-order valence-corrected chi connectivity index (χ4v) is 4.00. The van der Waals surface area contributed by atoms with Crippen LogP contribution >= 0.6 is 11.6 Å². The fourth-order valence-electron chi connectivity index (χ4n) is 3.71. The number of piperidine rings is 1. The van der Waals surface area contributed by atoms with Crippen LogP contribution < -0.4 is 10.2 Å². The van der Waals surface area contributed by atoms with Gasteiger partial charge in [-0.3, -0.25) is 4.79 Å². The summed E-state index contributed by atoms with van der Waals surface area (Å²) in [4.78, 5) is 18.2. The highest BCUT2D eigenvalue weighted by molar-refractivity contribution is 6.33. The predicted octanol–water partition coefficient (Wildman–Crippen LogP) is 3.39. The largest absolute Gasteiger partial charge is 0.417 e. The average molecular weight is 406 g/mol. The Bertz CT molecular complexity index is 670. The van der Waals surface area contributed by atoms with E-state index in [-0.39, 0.29) is 29.0 Å². The summed E-state index contributed by atoms with van der Waals surface area (Å²) in [6.45, 7) is 1.03. The normalized spacial score (nSPS) is 24.7. The molecule has 1 saturated carbocycles.